The summed E-state index contributed by atoms with van der Waals surface area (Å²) < 4.78 is 2.13. The largest absolute Gasteiger partial charge is 0.310 e. The molecule has 0 saturated carbocycles. The van der Waals surface area contributed by atoms with Gasteiger partial charge < -0.3 is 5.32 Å². The summed E-state index contributed by atoms with van der Waals surface area (Å²) >= 11 is 5.10. The number of amides is 1. The van der Waals surface area contributed by atoms with Gasteiger partial charge in [-0.25, -0.2) is 9.97 Å². The van der Waals surface area contributed by atoms with Crippen molar-refractivity contribution >= 4 is 49.2 Å². The number of para-hydroxylation sites is 1. The van der Waals surface area contributed by atoms with E-state index in [1.54, 1.807) is 23.6 Å². The molecule has 0 spiro atoms. The molecule has 0 radical (unpaired) electrons. The van der Waals surface area contributed by atoms with Crippen LogP contribution in [-0.4, -0.2) is 58.4 Å². The lowest BCUT2D eigenvalue weighted by atomic mass is 10.3. The Bertz CT molecular complexity index is 888. The number of nitrogens with zero attached hydrogens (tertiary/aromatic N) is 4. The molecule has 1 aliphatic heterocycles. The molecule has 1 amide bonds. The first-order valence-corrected chi connectivity index (χ1v) is 10.5. The van der Waals surface area contributed by atoms with Crippen molar-refractivity contribution in [1.82, 2.24) is 19.8 Å². The maximum Gasteiger partial charge on any atom is 0.239 e. The minimum absolute atomic E-state index is 0.0237. The normalized spacial score (nSPS) is 15.9. The van der Waals surface area contributed by atoms with Crippen LogP contribution in [0.3, 0.4) is 0 Å². The molecule has 4 rings (SSSR count). The zero-order chi connectivity index (χ0) is 18.6. The van der Waals surface area contributed by atoms with Gasteiger partial charge in [-0.1, -0.05) is 12.1 Å². The van der Waals surface area contributed by atoms with Crippen molar-refractivity contribution in [2.24, 2.45) is 0 Å². The summed E-state index contributed by atoms with van der Waals surface area (Å²) in [6, 6.07) is 11.9. The number of carbonyl (C=O) groups excluding carboxylic acids is 1. The summed E-state index contributed by atoms with van der Waals surface area (Å²) in [4.78, 5) is 25.7. The topological polar surface area (TPSA) is 61.4 Å². The molecular formula is C19H20BrN5OS. The Morgan fingerprint density at radius 2 is 1.89 bits per heavy atom. The quantitative estimate of drug-likeness (QED) is 0.653. The molecule has 3 heterocycles. The van der Waals surface area contributed by atoms with Crippen LogP contribution in [0, 0.1) is 0 Å². The summed E-state index contributed by atoms with van der Waals surface area (Å²) in [5.74, 6) is 0.558. The number of carbonyl (C=O) groups is 1. The molecule has 1 N–H and O–H groups in total. The lowest BCUT2D eigenvalue weighted by Crippen LogP contribution is -2.48. The molecule has 0 bridgehead atoms. The number of hydrogen-bond donors (Lipinski definition) is 1. The van der Waals surface area contributed by atoms with Crippen LogP contribution in [0.25, 0.3) is 10.2 Å². The molecule has 27 heavy (non-hydrogen) atoms. The van der Waals surface area contributed by atoms with E-state index in [2.05, 4.69) is 54.2 Å². The number of fused-ring (bicyclic) bond motifs is 1. The Labute approximate surface area is 170 Å². The highest BCUT2D eigenvalue weighted by Gasteiger charge is 2.20. The molecule has 1 saturated heterocycles. The Balaban J connectivity index is 1.24. The van der Waals surface area contributed by atoms with Gasteiger partial charge in [0.15, 0.2) is 0 Å². The monoisotopic (exact) mass is 445 g/mol. The van der Waals surface area contributed by atoms with E-state index >= 15 is 0 Å². The van der Waals surface area contributed by atoms with Gasteiger partial charge in [-0.3, -0.25) is 14.6 Å². The van der Waals surface area contributed by atoms with Gasteiger partial charge >= 0.3 is 0 Å². The van der Waals surface area contributed by atoms with Crippen molar-refractivity contribution < 1.29 is 4.79 Å². The minimum atomic E-state index is -0.0237. The lowest BCUT2D eigenvalue weighted by molar-refractivity contribution is -0.117. The Morgan fingerprint density at radius 3 is 2.63 bits per heavy atom. The van der Waals surface area contributed by atoms with Crippen LogP contribution in [0.15, 0.2) is 47.1 Å². The standard InChI is InChI=1S/C19H20BrN5OS/c20-14-5-6-17(21-11-14)23-18(26)12-24-7-9-25(10-8-24)13-19-22-15-3-1-2-4-16(15)27-19/h1-6,11H,7-10,12-13H2,(H,21,23,26). The van der Waals surface area contributed by atoms with Crippen LogP contribution in [0.1, 0.15) is 5.01 Å². The highest BCUT2D eigenvalue weighted by molar-refractivity contribution is 9.10. The third kappa shape index (κ3) is 4.90. The predicted octanol–water partition coefficient (Wildman–Crippen LogP) is 3.21. The van der Waals surface area contributed by atoms with E-state index in [0.29, 0.717) is 12.4 Å². The smallest absolute Gasteiger partial charge is 0.239 e. The number of pyridine rings is 1. The van der Waals surface area contributed by atoms with E-state index in [4.69, 9.17) is 4.98 Å². The van der Waals surface area contributed by atoms with Crippen LogP contribution < -0.4 is 5.32 Å². The summed E-state index contributed by atoms with van der Waals surface area (Å²) in [7, 11) is 0. The van der Waals surface area contributed by atoms with Gasteiger partial charge in [0.1, 0.15) is 10.8 Å². The Morgan fingerprint density at radius 1 is 1.11 bits per heavy atom. The number of halogens is 1. The maximum atomic E-state index is 12.2. The number of nitrogens with one attached hydrogen (secondary N) is 1. The number of piperazine rings is 1. The molecular weight excluding hydrogens is 426 g/mol. The Kier molecular flexibility index (Phi) is 5.77. The molecule has 1 aromatic carbocycles. The molecule has 1 fully saturated rings. The zero-order valence-electron chi connectivity index (χ0n) is 14.8. The van der Waals surface area contributed by atoms with E-state index in [0.717, 1.165) is 47.7 Å². The van der Waals surface area contributed by atoms with Crippen molar-refractivity contribution in [3.05, 3.63) is 52.1 Å². The number of anilines is 1. The fourth-order valence-corrected chi connectivity index (χ4v) is 4.36. The molecule has 2 aromatic heterocycles. The average Bonchev–Trinajstić information content (AvgIpc) is 3.07. The maximum absolute atomic E-state index is 12.2. The molecule has 140 valence electrons. The SMILES string of the molecule is O=C(CN1CCN(Cc2nc3ccccc3s2)CC1)Nc1ccc(Br)cn1. The molecule has 0 aliphatic carbocycles. The number of thiazole rings is 1. The van der Waals surface area contributed by atoms with Crippen molar-refractivity contribution in [1.29, 1.82) is 0 Å². The van der Waals surface area contributed by atoms with Crippen LogP contribution in [0.5, 0.6) is 0 Å². The van der Waals surface area contributed by atoms with Crippen LogP contribution in [-0.2, 0) is 11.3 Å². The first-order chi connectivity index (χ1) is 13.2. The number of hydrogen-bond acceptors (Lipinski definition) is 6. The van der Waals surface area contributed by atoms with Crippen molar-refractivity contribution in [3.63, 3.8) is 0 Å². The van der Waals surface area contributed by atoms with E-state index in [9.17, 15) is 4.79 Å². The first-order valence-electron chi connectivity index (χ1n) is 8.86. The number of benzene rings is 1. The lowest BCUT2D eigenvalue weighted by Gasteiger charge is -2.33. The molecule has 0 atom stereocenters. The van der Waals surface area contributed by atoms with Crippen LogP contribution in [0.2, 0.25) is 0 Å². The van der Waals surface area contributed by atoms with Crippen molar-refractivity contribution in [2.75, 3.05) is 38.0 Å². The van der Waals surface area contributed by atoms with Gasteiger partial charge in [0, 0.05) is 36.8 Å². The predicted molar refractivity (Wildman–Crippen MR) is 112 cm³/mol. The zero-order valence-corrected chi connectivity index (χ0v) is 17.2. The molecule has 3 aromatic rings. The number of aromatic nitrogens is 2. The average molecular weight is 446 g/mol. The van der Waals surface area contributed by atoms with Gasteiger partial charge in [-0.15, -0.1) is 11.3 Å². The van der Waals surface area contributed by atoms with E-state index in [1.807, 2.05) is 12.1 Å². The van der Waals surface area contributed by atoms with E-state index in [1.165, 1.54) is 4.70 Å². The molecule has 1 aliphatic rings. The molecule has 6 nitrogen and oxygen atoms in total. The molecule has 0 unspecified atom stereocenters. The first kappa shape index (κ1) is 18.5. The van der Waals surface area contributed by atoms with Gasteiger partial charge in [-0.2, -0.15) is 0 Å². The summed E-state index contributed by atoms with van der Waals surface area (Å²) in [6.07, 6.45) is 1.68. The minimum Gasteiger partial charge on any atom is -0.310 e. The van der Waals surface area contributed by atoms with Crippen molar-refractivity contribution in [3.8, 4) is 0 Å². The number of rotatable bonds is 5. The van der Waals surface area contributed by atoms with Gasteiger partial charge in [-0.05, 0) is 40.2 Å². The van der Waals surface area contributed by atoms with E-state index in [-0.39, 0.29) is 5.91 Å². The molecule has 8 heteroatoms. The van der Waals surface area contributed by atoms with E-state index < -0.39 is 0 Å². The second-order valence-corrected chi connectivity index (χ2v) is 8.57. The third-order valence-electron chi connectivity index (χ3n) is 4.52. The Hall–Kier alpha value is -1.87. The highest BCUT2D eigenvalue weighted by Crippen LogP contribution is 2.23. The van der Waals surface area contributed by atoms with Crippen molar-refractivity contribution in [2.45, 2.75) is 6.54 Å². The van der Waals surface area contributed by atoms with Gasteiger partial charge in [0.05, 0.1) is 23.3 Å². The van der Waals surface area contributed by atoms with Crippen LogP contribution >= 0.6 is 27.3 Å². The summed E-state index contributed by atoms with van der Waals surface area (Å²) in [5.41, 5.74) is 1.08. The summed E-state index contributed by atoms with van der Waals surface area (Å²) in [5, 5.41) is 4.00. The van der Waals surface area contributed by atoms with Crippen LogP contribution in [0.4, 0.5) is 5.82 Å². The van der Waals surface area contributed by atoms with Gasteiger partial charge in [0.2, 0.25) is 5.91 Å². The highest BCUT2D eigenvalue weighted by atomic mass is 79.9. The second kappa shape index (κ2) is 8.43. The third-order valence-corrected chi connectivity index (χ3v) is 6.01. The second-order valence-electron chi connectivity index (χ2n) is 6.54. The summed E-state index contributed by atoms with van der Waals surface area (Å²) in [6.45, 7) is 4.92. The fourth-order valence-electron chi connectivity index (χ4n) is 3.12. The van der Waals surface area contributed by atoms with Gasteiger partial charge in [0.25, 0.3) is 0 Å². The fraction of sp³-hybridized carbons (Fsp3) is 0.316.